The van der Waals surface area contributed by atoms with Gasteiger partial charge in [-0.15, -0.1) is 0 Å². The molecule has 0 spiro atoms. The standard InChI is InChI=1S/C21H17FN4O3S/c1-30(28,29)17-4-2-3-14(9-17)10-24-21(27)19-11-23-13-20-18(19)12-25-26(20)16-7-5-15(22)6-8-16/h2-9,11-13H,10H2,1H3,(H,24,27). The van der Waals surface area contributed by atoms with Crippen LogP contribution in [0.2, 0.25) is 0 Å². The van der Waals surface area contributed by atoms with Gasteiger partial charge >= 0.3 is 0 Å². The fourth-order valence-corrected chi connectivity index (χ4v) is 3.77. The summed E-state index contributed by atoms with van der Waals surface area (Å²) in [5.74, 6) is -0.718. The maximum absolute atomic E-state index is 13.2. The van der Waals surface area contributed by atoms with Crippen LogP contribution in [0.5, 0.6) is 0 Å². The topological polar surface area (TPSA) is 93.9 Å². The van der Waals surface area contributed by atoms with Crippen LogP contribution in [0.15, 0.2) is 72.0 Å². The number of nitrogens with one attached hydrogen (secondary N) is 1. The van der Waals surface area contributed by atoms with Crippen molar-refractivity contribution >= 4 is 26.6 Å². The molecule has 0 aliphatic rings. The van der Waals surface area contributed by atoms with E-state index in [1.165, 1.54) is 30.5 Å². The first kappa shape index (κ1) is 19.7. The van der Waals surface area contributed by atoms with E-state index in [0.717, 1.165) is 6.26 Å². The van der Waals surface area contributed by atoms with Crippen molar-refractivity contribution in [3.05, 3.63) is 84.1 Å². The zero-order valence-electron chi connectivity index (χ0n) is 15.9. The molecule has 0 aliphatic heterocycles. The lowest BCUT2D eigenvalue weighted by Gasteiger charge is -2.08. The summed E-state index contributed by atoms with van der Waals surface area (Å²) in [6, 6.07) is 12.2. The van der Waals surface area contributed by atoms with E-state index in [-0.39, 0.29) is 23.2 Å². The second-order valence-electron chi connectivity index (χ2n) is 6.75. The van der Waals surface area contributed by atoms with Crippen molar-refractivity contribution in [3.63, 3.8) is 0 Å². The van der Waals surface area contributed by atoms with Crippen LogP contribution in [0, 0.1) is 5.82 Å². The van der Waals surface area contributed by atoms with Gasteiger partial charge in [0.25, 0.3) is 5.91 Å². The van der Waals surface area contributed by atoms with E-state index in [2.05, 4.69) is 15.4 Å². The molecule has 2 aromatic carbocycles. The van der Waals surface area contributed by atoms with E-state index in [1.807, 2.05) is 0 Å². The highest BCUT2D eigenvalue weighted by Crippen LogP contribution is 2.21. The van der Waals surface area contributed by atoms with Gasteiger partial charge in [-0.1, -0.05) is 12.1 Å². The number of nitrogens with zero attached hydrogens (tertiary/aromatic N) is 3. The van der Waals surface area contributed by atoms with Gasteiger partial charge in [-0.2, -0.15) is 5.10 Å². The first-order valence-electron chi connectivity index (χ1n) is 8.98. The number of benzene rings is 2. The van der Waals surface area contributed by atoms with Gasteiger partial charge < -0.3 is 5.32 Å². The summed E-state index contributed by atoms with van der Waals surface area (Å²) in [7, 11) is -3.33. The third-order valence-corrected chi connectivity index (χ3v) is 5.70. The molecule has 0 radical (unpaired) electrons. The van der Waals surface area contributed by atoms with Crippen LogP contribution in [-0.4, -0.2) is 35.3 Å². The number of hydrogen-bond acceptors (Lipinski definition) is 5. The van der Waals surface area contributed by atoms with Gasteiger partial charge in [0.2, 0.25) is 0 Å². The number of sulfone groups is 1. The van der Waals surface area contributed by atoms with E-state index in [9.17, 15) is 17.6 Å². The zero-order chi connectivity index (χ0) is 21.3. The monoisotopic (exact) mass is 424 g/mol. The average molecular weight is 424 g/mol. The minimum Gasteiger partial charge on any atom is -0.348 e. The zero-order valence-corrected chi connectivity index (χ0v) is 16.7. The molecule has 2 aromatic heterocycles. The number of halogens is 1. The molecule has 2 heterocycles. The molecule has 0 atom stereocenters. The summed E-state index contributed by atoms with van der Waals surface area (Å²) in [6.07, 6.45) is 5.72. The van der Waals surface area contributed by atoms with E-state index < -0.39 is 9.84 Å². The third kappa shape index (κ3) is 3.92. The Labute approximate surface area is 172 Å². The maximum Gasteiger partial charge on any atom is 0.253 e. The quantitative estimate of drug-likeness (QED) is 0.532. The van der Waals surface area contributed by atoms with Gasteiger partial charge in [-0.3, -0.25) is 9.78 Å². The largest absolute Gasteiger partial charge is 0.348 e. The van der Waals surface area contributed by atoms with Crippen molar-refractivity contribution in [2.24, 2.45) is 0 Å². The molecule has 0 saturated carbocycles. The molecule has 152 valence electrons. The Morgan fingerprint density at radius 2 is 1.87 bits per heavy atom. The summed E-state index contributed by atoms with van der Waals surface area (Å²) in [5.41, 5.74) is 2.24. The number of pyridine rings is 1. The van der Waals surface area contributed by atoms with Crippen molar-refractivity contribution in [1.29, 1.82) is 0 Å². The molecule has 4 aromatic rings. The van der Waals surface area contributed by atoms with Crippen LogP contribution in [0.4, 0.5) is 4.39 Å². The number of fused-ring (bicyclic) bond motifs is 1. The van der Waals surface area contributed by atoms with Crippen LogP contribution in [0.3, 0.4) is 0 Å². The molecule has 0 unspecified atom stereocenters. The lowest BCUT2D eigenvalue weighted by atomic mass is 10.1. The Bertz CT molecular complexity index is 1350. The summed E-state index contributed by atoms with van der Waals surface area (Å²) >= 11 is 0. The van der Waals surface area contributed by atoms with Gasteiger partial charge in [0.05, 0.1) is 34.1 Å². The predicted octanol–water partition coefficient (Wildman–Crippen LogP) is 2.89. The van der Waals surface area contributed by atoms with Crippen LogP contribution in [0.25, 0.3) is 16.6 Å². The molecule has 0 saturated heterocycles. The highest BCUT2D eigenvalue weighted by Gasteiger charge is 2.15. The SMILES string of the molecule is CS(=O)(=O)c1cccc(CNC(=O)c2cncc3c2cnn3-c2ccc(F)cc2)c1. The van der Waals surface area contributed by atoms with Crippen molar-refractivity contribution in [2.45, 2.75) is 11.4 Å². The molecular formula is C21H17FN4O3S. The Morgan fingerprint density at radius 1 is 1.10 bits per heavy atom. The van der Waals surface area contributed by atoms with Crippen LogP contribution < -0.4 is 5.32 Å². The number of hydrogen-bond donors (Lipinski definition) is 1. The second kappa shape index (κ2) is 7.68. The molecule has 0 fully saturated rings. The highest BCUT2D eigenvalue weighted by atomic mass is 32.2. The molecule has 1 N–H and O–H groups in total. The lowest BCUT2D eigenvalue weighted by molar-refractivity contribution is 0.0952. The molecule has 0 bridgehead atoms. The first-order valence-corrected chi connectivity index (χ1v) is 10.9. The van der Waals surface area contributed by atoms with E-state index in [0.29, 0.717) is 27.7 Å². The minimum atomic E-state index is -3.33. The lowest BCUT2D eigenvalue weighted by Crippen LogP contribution is -2.23. The van der Waals surface area contributed by atoms with Gasteiger partial charge in [0.15, 0.2) is 9.84 Å². The molecule has 9 heteroatoms. The second-order valence-corrected chi connectivity index (χ2v) is 8.77. The third-order valence-electron chi connectivity index (χ3n) is 4.59. The fraction of sp³-hybridized carbons (Fsp3) is 0.0952. The summed E-state index contributed by atoms with van der Waals surface area (Å²) in [5, 5.41) is 7.68. The molecule has 1 amide bonds. The van der Waals surface area contributed by atoms with E-state index in [4.69, 9.17) is 0 Å². The number of carbonyl (C=O) groups excluding carboxylic acids is 1. The normalized spacial score (nSPS) is 11.5. The van der Waals surface area contributed by atoms with Crippen molar-refractivity contribution in [3.8, 4) is 5.69 Å². The summed E-state index contributed by atoms with van der Waals surface area (Å²) in [6.45, 7) is 0.157. The Balaban J connectivity index is 1.59. The van der Waals surface area contributed by atoms with Crippen molar-refractivity contribution < 1.29 is 17.6 Å². The Kier molecular flexibility index (Phi) is 5.04. The molecule has 30 heavy (non-hydrogen) atoms. The van der Waals surface area contributed by atoms with Gasteiger partial charge in [0.1, 0.15) is 5.82 Å². The molecular weight excluding hydrogens is 407 g/mol. The number of amides is 1. The van der Waals surface area contributed by atoms with Gasteiger partial charge in [-0.25, -0.2) is 17.5 Å². The van der Waals surface area contributed by atoms with E-state index >= 15 is 0 Å². The van der Waals surface area contributed by atoms with Crippen LogP contribution in [-0.2, 0) is 16.4 Å². The van der Waals surface area contributed by atoms with Gasteiger partial charge in [-0.05, 0) is 42.0 Å². The Hall–Kier alpha value is -3.59. The van der Waals surface area contributed by atoms with Crippen LogP contribution in [0.1, 0.15) is 15.9 Å². The minimum absolute atomic E-state index is 0.157. The fourth-order valence-electron chi connectivity index (χ4n) is 3.07. The smallest absolute Gasteiger partial charge is 0.253 e. The van der Waals surface area contributed by atoms with E-state index in [1.54, 1.807) is 41.3 Å². The van der Waals surface area contributed by atoms with Crippen LogP contribution >= 0.6 is 0 Å². The first-order chi connectivity index (χ1) is 14.3. The Morgan fingerprint density at radius 3 is 2.60 bits per heavy atom. The highest BCUT2D eigenvalue weighted by molar-refractivity contribution is 7.90. The molecule has 4 rings (SSSR count). The summed E-state index contributed by atoms with van der Waals surface area (Å²) in [4.78, 5) is 17.1. The molecule has 7 nitrogen and oxygen atoms in total. The molecule has 0 aliphatic carbocycles. The predicted molar refractivity (Wildman–Crippen MR) is 110 cm³/mol. The number of rotatable bonds is 5. The number of aromatic nitrogens is 3. The average Bonchev–Trinajstić information content (AvgIpc) is 3.16. The van der Waals surface area contributed by atoms with Crippen molar-refractivity contribution in [2.75, 3.05) is 6.26 Å². The van der Waals surface area contributed by atoms with Gasteiger partial charge in [0, 0.05) is 24.4 Å². The maximum atomic E-state index is 13.2. The van der Waals surface area contributed by atoms with Crippen molar-refractivity contribution in [1.82, 2.24) is 20.1 Å². The number of carbonyl (C=O) groups is 1. The summed E-state index contributed by atoms with van der Waals surface area (Å²) < 4.78 is 38.2.